The maximum absolute atomic E-state index is 13.0. The number of hydrogen-bond donors (Lipinski definition) is 4. The zero-order valence-corrected chi connectivity index (χ0v) is 15.9. The van der Waals surface area contributed by atoms with E-state index in [1.54, 1.807) is 12.1 Å². The normalized spacial score (nSPS) is 14.1. The van der Waals surface area contributed by atoms with E-state index in [2.05, 4.69) is 16.0 Å². The topological polar surface area (TPSA) is 108 Å². The lowest BCUT2D eigenvalue weighted by atomic mass is 10.0. The Hall–Kier alpha value is -3.49. The second kappa shape index (κ2) is 9.34. The van der Waals surface area contributed by atoms with Crippen molar-refractivity contribution in [2.75, 3.05) is 5.32 Å². The van der Waals surface area contributed by atoms with E-state index in [0.717, 1.165) is 12.8 Å². The third-order valence-electron chi connectivity index (χ3n) is 4.57. The monoisotopic (exact) mass is 417 g/mol. The molecule has 7 nitrogen and oxygen atoms in total. The Kier molecular flexibility index (Phi) is 6.61. The number of aliphatic carboxylic acids is 1. The summed E-state index contributed by atoms with van der Waals surface area (Å²) in [5, 5.41) is 17.2. The maximum Gasteiger partial charge on any atom is 0.319 e. The van der Waals surface area contributed by atoms with Crippen molar-refractivity contribution in [1.82, 2.24) is 10.6 Å². The number of urea groups is 1. The van der Waals surface area contributed by atoms with Gasteiger partial charge in [-0.15, -0.1) is 0 Å². The maximum atomic E-state index is 13.0. The molecule has 9 heteroatoms. The summed E-state index contributed by atoms with van der Waals surface area (Å²) < 4.78 is 25.9. The highest BCUT2D eigenvalue weighted by Gasteiger charge is 2.23. The van der Waals surface area contributed by atoms with Crippen LogP contribution < -0.4 is 16.0 Å². The van der Waals surface area contributed by atoms with E-state index >= 15 is 0 Å². The van der Waals surface area contributed by atoms with Crippen LogP contribution in [0.1, 0.15) is 53.2 Å². The van der Waals surface area contributed by atoms with Gasteiger partial charge in [0.15, 0.2) is 0 Å². The van der Waals surface area contributed by atoms with Gasteiger partial charge in [0, 0.05) is 22.9 Å². The van der Waals surface area contributed by atoms with Crippen LogP contribution in [0.2, 0.25) is 0 Å². The lowest BCUT2D eigenvalue weighted by Gasteiger charge is -2.18. The molecule has 0 aliphatic heterocycles. The molecule has 0 heterocycles. The number of nitrogens with one attached hydrogen (secondary N) is 3. The van der Waals surface area contributed by atoms with Gasteiger partial charge in [-0.25, -0.2) is 13.6 Å². The Morgan fingerprint density at radius 2 is 1.70 bits per heavy atom. The molecule has 0 aromatic heterocycles. The summed E-state index contributed by atoms with van der Waals surface area (Å²) >= 11 is 0. The van der Waals surface area contributed by atoms with Crippen molar-refractivity contribution in [1.29, 1.82) is 0 Å². The van der Waals surface area contributed by atoms with E-state index < -0.39 is 30.8 Å². The summed E-state index contributed by atoms with van der Waals surface area (Å²) in [7, 11) is 0. The van der Waals surface area contributed by atoms with Crippen LogP contribution in [-0.2, 0) is 4.79 Å². The third-order valence-corrected chi connectivity index (χ3v) is 4.57. The Balaban J connectivity index is 1.68. The van der Waals surface area contributed by atoms with E-state index in [1.165, 1.54) is 36.4 Å². The Morgan fingerprint density at radius 3 is 2.30 bits per heavy atom. The SMILES string of the molecule is O=C(O)C[C@H](NC(=O)c1ccc(NC(=O)NC2CC2)cc1)c1cccc(C(F)F)c1. The van der Waals surface area contributed by atoms with Gasteiger partial charge in [-0.05, 0) is 48.7 Å². The number of carbonyl (C=O) groups is 3. The summed E-state index contributed by atoms with van der Waals surface area (Å²) in [5.41, 5.74) is 0.760. The Bertz CT molecular complexity index is 930. The van der Waals surface area contributed by atoms with E-state index in [9.17, 15) is 23.2 Å². The van der Waals surface area contributed by atoms with Crippen molar-refractivity contribution < 1.29 is 28.3 Å². The van der Waals surface area contributed by atoms with Gasteiger partial charge >= 0.3 is 12.0 Å². The first-order chi connectivity index (χ1) is 14.3. The number of rotatable bonds is 8. The number of carbonyl (C=O) groups excluding carboxylic acids is 2. The van der Waals surface area contributed by atoms with E-state index in [-0.39, 0.29) is 28.8 Å². The van der Waals surface area contributed by atoms with E-state index in [1.807, 2.05) is 0 Å². The number of carboxylic acid groups (broad SMARTS) is 1. The molecule has 1 aliphatic rings. The minimum atomic E-state index is -2.71. The molecule has 3 amide bonds. The third kappa shape index (κ3) is 6.00. The number of alkyl halides is 2. The van der Waals surface area contributed by atoms with Crippen LogP contribution in [0.3, 0.4) is 0 Å². The first kappa shape index (κ1) is 21.2. The number of anilines is 1. The highest BCUT2D eigenvalue weighted by atomic mass is 19.3. The summed E-state index contributed by atoms with van der Waals surface area (Å²) in [6, 6.07) is 10.3. The van der Waals surface area contributed by atoms with Crippen LogP contribution in [0.5, 0.6) is 0 Å². The minimum Gasteiger partial charge on any atom is -0.481 e. The summed E-state index contributed by atoms with van der Waals surface area (Å²) in [5.74, 6) is -1.73. The van der Waals surface area contributed by atoms with Gasteiger partial charge in [0.05, 0.1) is 12.5 Å². The van der Waals surface area contributed by atoms with Crippen LogP contribution in [0.4, 0.5) is 19.3 Å². The highest BCUT2D eigenvalue weighted by Crippen LogP contribution is 2.25. The molecule has 1 aliphatic carbocycles. The zero-order chi connectivity index (χ0) is 21.7. The molecule has 0 saturated heterocycles. The largest absolute Gasteiger partial charge is 0.481 e. The molecule has 1 fully saturated rings. The molecule has 1 saturated carbocycles. The van der Waals surface area contributed by atoms with Gasteiger partial charge in [-0.3, -0.25) is 9.59 Å². The summed E-state index contributed by atoms with van der Waals surface area (Å²) in [6.45, 7) is 0. The minimum absolute atomic E-state index is 0.213. The summed E-state index contributed by atoms with van der Waals surface area (Å²) in [4.78, 5) is 35.5. The van der Waals surface area contributed by atoms with Crippen molar-refractivity contribution in [2.24, 2.45) is 0 Å². The molecule has 2 aromatic rings. The van der Waals surface area contributed by atoms with Crippen LogP contribution in [0.25, 0.3) is 0 Å². The standard InChI is InChI=1S/C21H21F2N3O4/c22-19(23)14-3-1-2-13(10-14)17(11-18(27)28)26-20(29)12-4-6-15(7-5-12)24-21(30)25-16-8-9-16/h1-7,10,16-17,19H,8-9,11H2,(H,26,29)(H,27,28)(H2,24,25,30)/t17-/m0/s1. The zero-order valence-electron chi connectivity index (χ0n) is 15.9. The molecule has 158 valence electrons. The fourth-order valence-corrected chi connectivity index (χ4v) is 2.87. The van der Waals surface area contributed by atoms with Crippen molar-refractivity contribution in [3.05, 3.63) is 65.2 Å². The van der Waals surface area contributed by atoms with E-state index in [4.69, 9.17) is 5.11 Å². The van der Waals surface area contributed by atoms with Gasteiger partial charge in [0.1, 0.15) is 0 Å². The van der Waals surface area contributed by atoms with Crippen molar-refractivity contribution in [2.45, 2.75) is 37.8 Å². The second-order valence-corrected chi connectivity index (χ2v) is 7.04. The first-order valence-corrected chi connectivity index (χ1v) is 9.40. The summed E-state index contributed by atoms with van der Waals surface area (Å²) in [6.07, 6.45) is -1.24. The lowest BCUT2D eigenvalue weighted by molar-refractivity contribution is -0.137. The van der Waals surface area contributed by atoms with Gasteiger partial charge < -0.3 is 21.1 Å². The lowest BCUT2D eigenvalue weighted by Crippen LogP contribution is -2.31. The van der Waals surface area contributed by atoms with Crippen LogP contribution >= 0.6 is 0 Å². The van der Waals surface area contributed by atoms with Crippen LogP contribution in [0.15, 0.2) is 48.5 Å². The van der Waals surface area contributed by atoms with Crippen LogP contribution in [0, 0.1) is 0 Å². The fraction of sp³-hybridized carbons (Fsp3) is 0.286. The first-order valence-electron chi connectivity index (χ1n) is 9.40. The average Bonchev–Trinajstić information content (AvgIpc) is 3.51. The Labute approximate surface area is 171 Å². The number of carboxylic acids is 1. The molecular formula is C21H21F2N3O4. The smallest absolute Gasteiger partial charge is 0.319 e. The number of halogens is 2. The van der Waals surface area contributed by atoms with E-state index in [0.29, 0.717) is 5.69 Å². The molecule has 30 heavy (non-hydrogen) atoms. The van der Waals surface area contributed by atoms with Gasteiger partial charge in [0.2, 0.25) is 0 Å². The highest BCUT2D eigenvalue weighted by molar-refractivity contribution is 5.96. The average molecular weight is 417 g/mol. The molecule has 2 aromatic carbocycles. The van der Waals surface area contributed by atoms with Crippen molar-refractivity contribution >= 4 is 23.6 Å². The predicted molar refractivity (Wildman–Crippen MR) is 105 cm³/mol. The van der Waals surface area contributed by atoms with Crippen molar-refractivity contribution in [3.63, 3.8) is 0 Å². The molecule has 3 rings (SSSR count). The molecule has 1 atom stereocenters. The molecule has 0 spiro atoms. The molecule has 0 radical (unpaired) electrons. The molecule has 0 bridgehead atoms. The number of benzene rings is 2. The Morgan fingerprint density at radius 1 is 1.03 bits per heavy atom. The quantitative estimate of drug-likeness (QED) is 0.523. The molecule has 4 N–H and O–H groups in total. The van der Waals surface area contributed by atoms with Crippen LogP contribution in [-0.4, -0.2) is 29.1 Å². The van der Waals surface area contributed by atoms with Gasteiger partial charge in [0.25, 0.3) is 12.3 Å². The fourth-order valence-electron chi connectivity index (χ4n) is 2.87. The second-order valence-electron chi connectivity index (χ2n) is 7.04. The van der Waals surface area contributed by atoms with Crippen molar-refractivity contribution in [3.8, 4) is 0 Å². The van der Waals surface area contributed by atoms with Gasteiger partial charge in [-0.1, -0.05) is 18.2 Å². The number of hydrogen-bond acceptors (Lipinski definition) is 3. The number of amides is 3. The van der Waals surface area contributed by atoms with Gasteiger partial charge in [-0.2, -0.15) is 0 Å². The predicted octanol–water partition coefficient (Wildman–Crippen LogP) is 3.85. The molecule has 0 unspecified atom stereocenters. The molecular weight excluding hydrogens is 396 g/mol.